The van der Waals surface area contributed by atoms with E-state index in [2.05, 4.69) is 4.98 Å². The first-order valence-electron chi connectivity index (χ1n) is 6.32. The molecule has 0 radical (unpaired) electrons. The number of carbonyl (C=O) groups excluding carboxylic acids is 1. The highest BCUT2D eigenvalue weighted by Crippen LogP contribution is 2.35. The van der Waals surface area contributed by atoms with Crippen molar-refractivity contribution in [1.29, 1.82) is 0 Å². The number of aliphatic carboxylic acids is 1. The van der Waals surface area contributed by atoms with E-state index in [-0.39, 0.29) is 16.1 Å². The summed E-state index contributed by atoms with van der Waals surface area (Å²) in [7, 11) is 0. The lowest BCUT2D eigenvalue weighted by Crippen LogP contribution is -2.47. The van der Waals surface area contributed by atoms with E-state index in [1.807, 2.05) is 6.07 Å². The van der Waals surface area contributed by atoms with Crippen molar-refractivity contribution in [2.75, 3.05) is 0 Å². The summed E-state index contributed by atoms with van der Waals surface area (Å²) in [5, 5.41) is 9.32. The first kappa shape index (κ1) is 15.7. The number of hydrogen-bond donors (Lipinski definition) is 1. The molecule has 5 nitrogen and oxygen atoms in total. The molecule has 1 fully saturated rings. The topological polar surface area (TPSA) is 70.5 Å². The van der Waals surface area contributed by atoms with Crippen molar-refractivity contribution in [3.63, 3.8) is 0 Å². The Morgan fingerprint density at radius 2 is 2.19 bits per heavy atom. The zero-order valence-corrected chi connectivity index (χ0v) is 13.1. The summed E-state index contributed by atoms with van der Waals surface area (Å²) in [6.07, 6.45) is 3.25. The molecule has 0 bridgehead atoms. The quantitative estimate of drug-likeness (QED) is 0.678. The zero-order chi connectivity index (χ0) is 15.6. The van der Waals surface area contributed by atoms with Crippen LogP contribution in [0.15, 0.2) is 29.3 Å². The maximum absolute atomic E-state index is 12.4. The summed E-state index contributed by atoms with van der Waals surface area (Å²) in [5.41, 5.74) is 0.634. The van der Waals surface area contributed by atoms with E-state index in [1.54, 1.807) is 38.3 Å². The molecule has 1 aromatic rings. The SMILES string of the molecule is CC(C)[C@H](C(=O)O)N1C(=O)/C(=C\c2ccccn2)SC1=S. The van der Waals surface area contributed by atoms with Crippen LogP contribution < -0.4 is 0 Å². The normalized spacial score (nSPS) is 18.6. The van der Waals surface area contributed by atoms with Crippen LogP contribution in [0.1, 0.15) is 19.5 Å². The van der Waals surface area contributed by atoms with Crippen molar-refractivity contribution >= 4 is 46.3 Å². The first-order chi connectivity index (χ1) is 9.91. The van der Waals surface area contributed by atoms with Gasteiger partial charge in [0, 0.05) is 6.20 Å². The number of carboxylic acid groups (broad SMARTS) is 1. The molecule has 0 aromatic carbocycles. The molecule has 1 saturated heterocycles. The van der Waals surface area contributed by atoms with Gasteiger partial charge in [-0.25, -0.2) is 4.79 Å². The second-order valence-electron chi connectivity index (χ2n) is 4.83. The van der Waals surface area contributed by atoms with Crippen LogP contribution >= 0.6 is 24.0 Å². The van der Waals surface area contributed by atoms with Gasteiger partial charge in [0.05, 0.1) is 10.6 Å². The molecule has 0 unspecified atom stereocenters. The van der Waals surface area contributed by atoms with Gasteiger partial charge in [0.2, 0.25) is 0 Å². The van der Waals surface area contributed by atoms with Gasteiger partial charge in [-0.15, -0.1) is 0 Å². The Kier molecular flexibility index (Phi) is 4.74. The molecule has 21 heavy (non-hydrogen) atoms. The molecule has 7 heteroatoms. The number of aromatic nitrogens is 1. The molecule has 1 atom stereocenters. The predicted octanol–water partition coefficient (Wildman–Crippen LogP) is 2.39. The highest BCUT2D eigenvalue weighted by atomic mass is 32.2. The van der Waals surface area contributed by atoms with E-state index in [1.165, 1.54) is 4.90 Å². The number of rotatable bonds is 4. The van der Waals surface area contributed by atoms with Gasteiger partial charge in [0.25, 0.3) is 5.91 Å². The number of pyridine rings is 1. The Morgan fingerprint density at radius 1 is 1.48 bits per heavy atom. The monoisotopic (exact) mass is 322 g/mol. The van der Waals surface area contributed by atoms with Crippen LogP contribution in [0.4, 0.5) is 0 Å². The summed E-state index contributed by atoms with van der Waals surface area (Å²) in [6.45, 7) is 3.50. The standard InChI is InChI=1S/C14H14N2O3S2/c1-8(2)11(13(18)19)16-12(17)10(21-14(16)20)7-9-5-3-4-6-15-9/h3-8,11H,1-2H3,(H,18,19)/b10-7+/t11-/m1/s1. The molecule has 2 heterocycles. The van der Waals surface area contributed by atoms with E-state index < -0.39 is 12.0 Å². The molecule has 1 aliphatic heterocycles. The number of carboxylic acids is 1. The molecule has 1 amide bonds. The van der Waals surface area contributed by atoms with E-state index >= 15 is 0 Å². The van der Waals surface area contributed by atoms with Crippen molar-refractivity contribution in [2.45, 2.75) is 19.9 Å². The van der Waals surface area contributed by atoms with Gasteiger partial charge < -0.3 is 5.11 Å². The van der Waals surface area contributed by atoms with E-state index in [4.69, 9.17) is 12.2 Å². The Balaban J connectivity index is 2.32. The highest BCUT2D eigenvalue weighted by Gasteiger charge is 2.41. The second-order valence-corrected chi connectivity index (χ2v) is 6.51. The third-order valence-corrected chi connectivity index (χ3v) is 4.28. The molecule has 1 N–H and O–H groups in total. The molecule has 0 spiro atoms. The molecule has 110 valence electrons. The maximum Gasteiger partial charge on any atom is 0.327 e. The average molecular weight is 322 g/mol. The van der Waals surface area contributed by atoms with Gasteiger partial charge in [-0.05, 0) is 24.1 Å². The average Bonchev–Trinajstić information content (AvgIpc) is 2.67. The van der Waals surface area contributed by atoms with Crippen molar-refractivity contribution in [3.8, 4) is 0 Å². The van der Waals surface area contributed by atoms with E-state index in [0.717, 1.165) is 11.8 Å². The van der Waals surface area contributed by atoms with Gasteiger partial charge in [-0.3, -0.25) is 14.7 Å². The number of hydrogen-bond acceptors (Lipinski definition) is 5. The van der Waals surface area contributed by atoms with Crippen LogP contribution in [0.5, 0.6) is 0 Å². The van der Waals surface area contributed by atoms with Gasteiger partial charge in [-0.1, -0.05) is 43.9 Å². The number of thiocarbonyl (C=S) groups is 1. The molecule has 2 rings (SSSR count). The Morgan fingerprint density at radius 3 is 2.71 bits per heavy atom. The van der Waals surface area contributed by atoms with Gasteiger partial charge in [0.1, 0.15) is 10.4 Å². The number of carbonyl (C=O) groups is 2. The molecule has 0 saturated carbocycles. The lowest BCUT2D eigenvalue weighted by molar-refractivity contribution is -0.146. The molecule has 1 aromatic heterocycles. The third kappa shape index (κ3) is 3.30. The van der Waals surface area contributed by atoms with Crippen LogP contribution in [0.3, 0.4) is 0 Å². The first-order valence-corrected chi connectivity index (χ1v) is 7.55. The van der Waals surface area contributed by atoms with Crippen molar-refractivity contribution in [1.82, 2.24) is 9.88 Å². The van der Waals surface area contributed by atoms with Crippen molar-refractivity contribution in [2.24, 2.45) is 5.92 Å². The smallest absolute Gasteiger partial charge is 0.327 e. The van der Waals surface area contributed by atoms with Crippen molar-refractivity contribution in [3.05, 3.63) is 35.0 Å². The van der Waals surface area contributed by atoms with E-state index in [0.29, 0.717) is 10.6 Å². The summed E-state index contributed by atoms with van der Waals surface area (Å²) < 4.78 is 0.267. The zero-order valence-electron chi connectivity index (χ0n) is 11.5. The number of thioether (sulfide) groups is 1. The Labute approximate surface area is 132 Å². The summed E-state index contributed by atoms with van der Waals surface area (Å²) >= 11 is 6.27. The summed E-state index contributed by atoms with van der Waals surface area (Å²) in [5.74, 6) is -1.67. The fraction of sp³-hybridized carbons (Fsp3) is 0.286. The summed E-state index contributed by atoms with van der Waals surface area (Å²) in [4.78, 5) is 29.5. The van der Waals surface area contributed by atoms with Crippen LogP contribution in [0.2, 0.25) is 0 Å². The minimum atomic E-state index is -1.06. The molecule has 1 aliphatic rings. The fourth-order valence-electron chi connectivity index (χ4n) is 2.01. The summed E-state index contributed by atoms with van der Waals surface area (Å²) in [6, 6.07) is 4.41. The van der Waals surface area contributed by atoms with Crippen LogP contribution in [0, 0.1) is 5.92 Å². The van der Waals surface area contributed by atoms with Gasteiger partial charge in [0.15, 0.2) is 0 Å². The van der Waals surface area contributed by atoms with Crippen molar-refractivity contribution < 1.29 is 14.7 Å². The van der Waals surface area contributed by atoms with E-state index in [9.17, 15) is 14.7 Å². The lowest BCUT2D eigenvalue weighted by atomic mass is 10.0. The van der Waals surface area contributed by atoms with Gasteiger partial charge >= 0.3 is 5.97 Å². The van der Waals surface area contributed by atoms with Gasteiger partial charge in [-0.2, -0.15) is 0 Å². The molecular weight excluding hydrogens is 308 g/mol. The maximum atomic E-state index is 12.4. The molecular formula is C14H14N2O3S2. The number of amides is 1. The van der Waals surface area contributed by atoms with Crippen LogP contribution in [0.25, 0.3) is 6.08 Å². The third-order valence-electron chi connectivity index (χ3n) is 2.95. The largest absolute Gasteiger partial charge is 0.480 e. The minimum Gasteiger partial charge on any atom is -0.480 e. The molecule has 0 aliphatic carbocycles. The van der Waals surface area contributed by atoms with Crippen LogP contribution in [-0.4, -0.2) is 37.2 Å². The minimum absolute atomic E-state index is 0.237. The fourth-order valence-corrected chi connectivity index (χ4v) is 3.32. The highest BCUT2D eigenvalue weighted by molar-refractivity contribution is 8.26. The van der Waals surface area contributed by atoms with Crippen LogP contribution in [-0.2, 0) is 9.59 Å². The Hall–Kier alpha value is -1.73. The number of nitrogens with zero attached hydrogens (tertiary/aromatic N) is 2. The second kappa shape index (κ2) is 6.36. The predicted molar refractivity (Wildman–Crippen MR) is 85.5 cm³/mol. The lowest BCUT2D eigenvalue weighted by Gasteiger charge is -2.26. The Bertz CT molecular complexity index is 614.